The Kier molecular flexibility index (Phi) is 39.0. The SMILES string of the molecule is CSCC[C@H](N)C(=O)N[C@@H](Cc1ccccc1)C(=O)N[C@@H](CC(N)=O)C(=O)NCC(=O)N[C@@H](CCCN=C(N)N)C(=O)NCC(=O)N[C@H](C(=O)N[C@@H](CC(C)C)C(=O)N[C@H](C(=O)N[C@H](C(=O)N[C@@H](CCC(N)=O)C(=O)N[C@@H](CCCN=C(N)N)C(=O)O)C(C)C)[C@@H](C)O)[C@@H](C)O. The number of benzene rings is 1. The Balaban J connectivity index is 3.28. The second kappa shape index (κ2) is 44.3. The number of carbonyl (C=O) groups is 14. The molecule has 12 atom stereocenters. The van der Waals surface area contributed by atoms with Gasteiger partial charge in [-0.25, -0.2) is 4.79 Å². The zero-order valence-electron chi connectivity index (χ0n) is 55.0. The molecule has 28 N–H and O–H groups in total. The van der Waals surface area contributed by atoms with Gasteiger partial charge in [-0.3, -0.25) is 72.3 Å². The molecule has 0 radical (unpaired) electrons. The summed E-state index contributed by atoms with van der Waals surface area (Å²) in [4.78, 5) is 193. The lowest BCUT2D eigenvalue weighted by molar-refractivity contribution is -0.142. The summed E-state index contributed by atoms with van der Waals surface area (Å²) in [5.74, 6) is -15.4. The number of aliphatic carboxylic acids is 1. The van der Waals surface area contributed by atoms with E-state index in [9.17, 15) is 82.4 Å². The molecule has 37 nitrogen and oxygen atoms in total. The van der Waals surface area contributed by atoms with Crippen molar-refractivity contribution < 1.29 is 82.4 Å². The molecule has 0 aromatic heterocycles. The molecule has 0 aliphatic carbocycles. The molecule has 96 heavy (non-hydrogen) atoms. The van der Waals surface area contributed by atoms with Gasteiger partial charge >= 0.3 is 5.97 Å². The second-order valence-electron chi connectivity index (χ2n) is 23.2. The molecule has 1 rings (SSSR count). The smallest absolute Gasteiger partial charge is 0.326 e. The third kappa shape index (κ3) is 34.1. The van der Waals surface area contributed by atoms with E-state index in [1.807, 2.05) is 6.26 Å². The van der Waals surface area contributed by atoms with Gasteiger partial charge in [-0.05, 0) is 88.2 Å². The second-order valence-corrected chi connectivity index (χ2v) is 24.2. The topological polar surface area (TPSA) is 639 Å². The van der Waals surface area contributed by atoms with Crippen molar-refractivity contribution in [3.8, 4) is 0 Å². The quantitative estimate of drug-likeness (QED) is 0.0164. The molecule has 538 valence electrons. The summed E-state index contributed by atoms with van der Waals surface area (Å²) in [5, 5.41) is 57.5. The Morgan fingerprint density at radius 1 is 0.479 bits per heavy atom. The molecular weight excluding hydrogens is 1280 g/mol. The van der Waals surface area contributed by atoms with Crippen molar-refractivity contribution in [2.45, 2.75) is 178 Å². The van der Waals surface area contributed by atoms with Gasteiger partial charge in [-0.15, -0.1) is 0 Å². The lowest BCUT2D eigenvalue weighted by Crippen LogP contribution is -2.63. The van der Waals surface area contributed by atoms with Gasteiger partial charge in [0, 0.05) is 25.9 Å². The number of aliphatic imine (C=N–C) groups is 2. The van der Waals surface area contributed by atoms with E-state index >= 15 is 0 Å². The maximum atomic E-state index is 14.0. The normalized spacial score (nSPS) is 14.8. The van der Waals surface area contributed by atoms with Crippen LogP contribution in [0.1, 0.15) is 105 Å². The number of carboxylic acid groups (broad SMARTS) is 1. The summed E-state index contributed by atoms with van der Waals surface area (Å²) < 4.78 is 0. The predicted molar refractivity (Wildman–Crippen MR) is 352 cm³/mol. The maximum Gasteiger partial charge on any atom is 0.326 e. The van der Waals surface area contributed by atoms with Crippen LogP contribution in [0.5, 0.6) is 0 Å². The monoisotopic (exact) mass is 1380 g/mol. The van der Waals surface area contributed by atoms with Gasteiger partial charge < -0.3 is 114 Å². The lowest BCUT2D eigenvalue weighted by Gasteiger charge is -2.30. The van der Waals surface area contributed by atoms with Crippen LogP contribution >= 0.6 is 11.8 Å². The predicted octanol–water partition coefficient (Wildman–Crippen LogP) is -8.30. The highest BCUT2D eigenvalue weighted by Gasteiger charge is 2.38. The lowest BCUT2D eigenvalue weighted by atomic mass is 9.99. The standard InChI is InChI=1S/C58H98N20O17S/c1-28(2)23-37(52(90)78-46(31(6)80)55(93)77-44(29(3)4)53(91)71-35(17-18-40(60)81)50(88)72-36(56(94)95)16-12-21-67-58(64)65)75-54(92)45(30(5)79)76-43(84)27-68-48(86)34(15-11-20-66-57(62)63)70-42(83)26-69-49(87)39(25-41(61)82)74-51(89)38(24-32-13-9-8-10-14-32)73-47(85)33(59)19-22-96-7/h8-10,13-14,28-31,33-39,44-46,79-80H,11-12,15-27,59H2,1-7H3,(H2,60,81)(H2,61,82)(H,68,86)(H,69,87)(H,70,83)(H,71,91)(H,72,88)(H,73,85)(H,74,89)(H,75,92)(H,76,84)(H,77,93)(H,78,90)(H,94,95)(H4,62,63,66)(H4,64,65,67)/t30-,31-,33+,34+,35+,36+,37+,38+,39+,44+,45+,46+/m1/s1. The van der Waals surface area contributed by atoms with Gasteiger partial charge in [0.2, 0.25) is 76.8 Å². The van der Waals surface area contributed by atoms with E-state index in [2.05, 4.69) is 68.5 Å². The molecule has 1 aromatic carbocycles. The van der Waals surface area contributed by atoms with Crippen molar-refractivity contribution in [3.05, 3.63) is 35.9 Å². The number of carboxylic acids is 1. The molecule has 38 heteroatoms. The largest absolute Gasteiger partial charge is 0.480 e. The first-order chi connectivity index (χ1) is 45.0. The Morgan fingerprint density at radius 2 is 0.917 bits per heavy atom. The number of guanidine groups is 2. The molecule has 0 unspecified atom stereocenters. The molecule has 0 saturated heterocycles. The average Bonchev–Trinajstić information content (AvgIpc) is 0.878. The maximum absolute atomic E-state index is 14.0. The Hall–Kier alpha value is -9.43. The van der Waals surface area contributed by atoms with E-state index in [-0.39, 0.29) is 69.5 Å². The molecule has 0 bridgehead atoms. The van der Waals surface area contributed by atoms with Crippen molar-refractivity contribution >= 4 is 106 Å². The van der Waals surface area contributed by atoms with Crippen LogP contribution in [0, 0.1) is 11.8 Å². The zero-order chi connectivity index (χ0) is 72.9. The Bertz CT molecular complexity index is 2860. The van der Waals surface area contributed by atoms with Gasteiger partial charge in [0.15, 0.2) is 11.9 Å². The molecule has 0 spiro atoms. The fourth-order valence-corrected chi connectivity index (χ4v) is 9.37. The van der Waals surface area contributed by atoms with Crippen LogP contribution < -0.4 is 98.6 Å². The minimum absolute atomic E-state index is 0.0316. The number of nitrogens with two attached hydrogens (primary N) is 7. The summed E-state index contributed by atoms with van der Waals surface area (Å²) >= 11 is 1.46. The number of nitrogens with zero attached hydrogens (tertiary/aromatic N) is 2. The number of thioether (sulfide) groups is 1. The van der Waals surface area contributed by atoms with Crippen LogP contribution in [-0.2, 0) is 73.5 Å². The number of aliphatic hydroxyl groups excluding tert-OH is 2. The zero-order valence-corrected chi connectivity index (χ0v) is 55.8. The average molecular weight is 1380 g/mol. The number of nitrogens with one attached hydrogen (secondary N) is 11. The third-order valence-corrected chi connectivity index (χ3v) is 14.6. The summed E-state index contributed by atoms with van der Waals surface area (Å²) in [6.45, 7) is 6.83. The van der Waals surface area contributed by atoms with Crippen LogP contribution in [0.15, 0.2) is 40.3 Å². The van der Waals surface area contributed by atoms with Crippen molar-refractivity contribution in [1.29, 1.82) is 0 Å². The highest BCUT2D eigenvalue weighted by atomic mass is 32.2. The van der Waals surface area contributed by atoms with Crippen LogP contribution in [0.2, 0.25) is 0 Å². The van der Waals surface area contributed by atoms with E-state index in [0.29, 0.717) is 17.7 Å². The first-order valence-corrected chi connectivity index (χ1v) is 32.2. The first kappa shape index (κ1) is 84.6. The Morgan fingerprint density at radius 3 is 1.42 bits per heavy atom. The first-order valence-electron chi connectivity index (χ1n) is 30.8. The van der Waals surface area contributed by atoms with Gasteiger partial charge in [-0.2, -0.15) is 11.8 Å². The van der Waals surface area contributed by atoms with Gasteiger partial charge in [0.05, 0.1) is 37.8 Å². The summed E-state index contributed by atoms with van der Waals surface area (Å²) in [7, 11) is 0. The highest BCUT2D eigenvalue weighted by Crippen LogP contribution is 2.12. The number of primary amides is 2. The van der Waals surface area contributed by atoms with Gasteiger partial charge in [0.1, 0.15) is 54.4 Å². The summed E-state index contributed by atoms with van der Waals surface area (Å²) in [6, 6.07) is -6.59. The fraction of sp³-hybridized carbons (Fsp3) is 0.621. The minimum Gasteiger partial charge on any atom is -0.480 e. The molecule has 1 aromatic rings. The van der Waals surface area contributed by atoms with Crippen molar-refractivity contribution in [2.24, 2.45) is 62.0 Å². The van der Waals surface area contributed by atoms with E-state index < -0.39 is 194 Å². The molecule has 13 amide bonds. The van der Waals surface area contributed by atoms with Gasteiger partial charge in [0.25, 0.3) is 0 Å². The molecule has 0 heterocycles. The van der Waals surface area contributed by atoms with Crippen LogP contribution in [-0.4, -0.2) is 221 Å². The molecule has 0 fully saturated rings. The van der Waals surface area contributed by atoms with Crippen LogP contribution in [0.3, 0.4) is 0 Å². The number of hydrogen-bond donors (Lipinski definition) is 21. The van der Waals surface area contributed by atoms with Crippen molar-refractivity contribution in [1.82, 2.24) is 58.5 Å². The van der Waals surface area contributed by atoms with E-state index in [0.717, 1.165) is 13.8 Å². The molecule has 0 saturated carbocycles. The van der Waals surface area contributed by atoms with E-state index in [4.69, 9.17) is 40.1 Å². The van der Waals surface area contributed by atoms with Crippen LogP contribution in [0.4, 0.5) is 0 Å². The minimum atomic E-state index is -1.83. The van der Waals surface area contributed by atoms with Crippen molar-refractivity contribution in [3.63, 3.8) is 0 Å². The number of hydrogen-bond acceptors (Lipinski definition) is 20. The Labute approximate surface area is 559 Å². The highest BCUT2D eigenvalue weighted by molar-refractivity contribution is 7.98. The van der Waals surface area contributed by atoms with E-state index in [1.54, 1.807) is 44.2 Å². The fourth-order valence-electron chi connectivity index (χ4n) is 8.88. The number of amides is 13. The summed E-state index contributed by atoms with van der Waals surface area (Å²) in [6.07, 6.45) is -3.14. The van der Waals surface area contributed by atoms with E-state index in [1.165, 1.54) is 25.6 Å². The van der Waals surface area contributed by atoms with Crippen molar-refractivity contribution in [2.75, 3.05) is 38.2 Å². The molecular formula is C58H98N20O17S. The number of aliphatic hydroxyl groups is 2. The summed E-state index contributed by atoms with van der Waals surface area (Å²) in [5.41, 5.74) is 38.9. The number of carbonyl (C=O) groups excluding carboxylic acids is 13. The molecule has 0 aliphatic heterocycles. The van der Waals surface area contributed by atoms with Gasteiger partial charge in [-0.1, -0.05) is 58.0 Å². The third-order valence-electron chi connectivity index (χ3n) is 14.0. The van der Waals surface area contributed by atoms with Crippen LogP contribution in [0.25, 0.3) is 0 Å². The number of rotatable bonds is 46. The molecule has 0 aliphatic rings.